The molecule has 1 aromatic carbocycles. The van der Waals surface area contributed by atoms with Gasteiger partial charge in [0.2, 0.25) is 5.95 Å². The van der Waals surface area contributed by atoms with E-state index in [0.717, 1.165) is 43.0 Å². The van der Waals surface area contributed by atoms with Gasteiger partial charge in [-0.1, -0.05) is 12.1 Å². The first kappa shape index (κ1) is 15.1. The smallest absolute Gasteiger partial charge is 0.251 e. The molecule has 0 spiro atoms. The largest absolute Gasteiger partial charge is 0.355 e. The third kappa shape index (κ3) is 2.44. The second kappa shape index (κ2) is 5.89. The molecule has 24 heavy (non-hydrogen) atoms. The van der Waals surface area contributed by atoms with Crippen molar-refractivity contribution in [3.63, 3.8) is 0 Å². The van der Waals surface area contributed by atoms with E-state index in [9.17, 15) is 4.79 Å². The van der Waals surface area contributed by atoms with Crippen LogP contribution in [0.25, 0.3) is 11.3 Å². The van der Waals surface area contributed by atoms with Gasteiger partial charge in [0.1, 0.15) is 0 Å². The summed E-state index contributed by atoms with van der Waals surface area (Å²) in [6, 6.07) is 8.24. The van der Waals surface area contributed by atoms with Gasteiger partial charge < -0.3 is 10.2 Å². The van der Waals surface area contributed by atoms with E-state index in [1.54, 1.807) is 7.05 Å². The molecule has 1 atom stereocenters. The number of fused-ring (bicyclic) bond motifs is 1. The molecule has 1 aliphatic carbocycles. The summed E-state index contributed by atoms with van der Waals surface area (Å²) in [5.74, 6) is 0.772. The Balaban J connectivity index is 1.81. The minimum atomic E-state index is -0.0702. The molecule has 1 N–H and O–H groups in total. The van der Waals surface area contributed by atoms with Crippen LogP contribution in [-0.4, -0.2) is 35.5 Å². The normalized spacial score (nSPS) is 18.9. The van der Waals surface area contributed by atoms with Crippen molar-refractivity contribution in [2.24, 2.45) is 0 Å². The second-order valence-electron chi connectivity index (χ2n) is 6.64. The Labute approximate surface area is 142 Å². The molecule has 1 amide bonds. The van der Waals surface area contributed by atoms with Gasteiger partial charge in [-0.2, -0.15) is 0 Å². The van der Waals surface area contributed by atoms with E-state index in [0.29, 0.717) is 11.6 Å². The third-order valence-electron chi connectivity index (χ3n) is 5.12. The highest BCUT2D eigenvalue weighted by molar-refractivity contribution is 5.95. The van der Waals surface area contributed by atoms with Crippen LogP contribution in [0.4, 0.5) is 5.95 Å². The van der Waals surface area contributed by atoms with Crippen molar-refractivity contribution in [1.29, 1.82) is 0 Å². The Hall–Kier alpha value is -2.43. The van der Waals surface area contributed by atoms with E-state index in [-0.39, 0.29) is 5.91 Å². The first-order valence-electron chi connectivity index (χ1n) is 8.66. The molecule has 0 radical (unpaired) electrons. The van der Waals surface area contributed by atoms with Crippen molar-refractivity contribution in [2.75, 3.05) is 18.5 Å². The van der Waals surface area contributed by atoms with Gasteiger partial charge in [0.05, 0.1) is 5.69 Å². The number of amides is 1. The van der Waals surface area contributed by atoms with Gasteiger partial charge in [-0.3, -0.25) is 4.79 Å². The minimum Gasteiger partial charge on any atom is -0.355 e. The topological polar surface area (TPSA) is 58.1 Å². The van der Waals surface area contributed by atoms with Crippen LogP contribution in [0.2, 0.25) is 0 Å². The summed E-state index contributed by atoms with van der Waals surface area (Å²) in [6.45, 7) is 3.24. The summed E-state index contributed by atoms with van der Waals surface area (Å²) >= 11 is 0. The highest BCUT2D eigenvalue weighted by Crippen LogP contribution is 2.34. The summed E-state index contributed by atoms with van der Waals surface area (Å²) in [7, 11) is 1.65. The van der Waals surface area contributed by atoms with Crippen LogP contribution >= 0.6 is 0 Å². The Morgan fingerprint density at radius 1 is 1.29 bits per heavy atom. The van der Waals surface area contributed by atoms with Gasteiger partial charge >= 0.3 is 0 Å². The monoisotopic (exact) mass is 322 g/mol. The number of benzene rings is 1. The van der Waals surface area contributed by atoms with E-state index in [1.807, 2.05) is 24.3 Å². The zero-order valence-electron chi connectivity index (χ0n) is 14.2. The van der Waals surface area contributed by atoms with Crippen LogP contribution in [0, 0.1) is 0 Å². The third-order valence-corrected chi connectivity index (χ3v) is 5.12. The van der Waals surface area contributed by atoms with E-state index >= 15 is 0 Å². The molecule has 1 aromatic heterocycles. The number of nitrogens with one attached hydrogen (secondary N) is 1. The molecule has 1 saturated heterocycles. The van der Waals surface area contributed by atoms with Gasteiger partial charge in [0, 0.05) is 42.0 Å². The van der Waals surface area contributed by atoms with Gasteiger partial charge in [0.25, 0.3) is 5.91 Å². The number of aryl methyl sites for hydroxylation is 1. The maximum atomic E-state index is 12.0. The molecular formula is C19H22N4O. The lowest BCUT2D eigenvalue weighted by atomic mass is 10.0. The van der Waals surface area contributed by atoms with E-state index in [4.69, 9.17) is 9.97 Å². The number of carbonyl (C=O) groups excluding carboxylic acids is 1. The van der Waals surface area contributed by atoms with Gasteiger partial charge in [-0.25, -0.2) is 9.97 Å². The van der Waals surface area contributed by atoms with Crippen LogP contribution in [0.15, 0.2) is 24.3 Å². The van der Waals surface area contributed by atoms with Crippen molar-refractivity contribution in [2.45, 2.75) is 38.6 Å². The Morgan fingerprint density at radius 3 is 2.88 bits per heavy atom. The first-order valence-corrected chi connectivity index (χ1v) is 8.66. The summed E-state index contributed by atoms with van der Waals surface area (Å²) in [6.07, 6.45) is 4.37. The van der Waals surface area contributed by atoms with Crippen LogP contribution in [0.1, 0.15) is 41.4 Å². The molecule has 0 saturated carbocycles. The van der Waals surface area contributed by atoms with Gasteiger partial charge in [0.15, 0.2) is 0 Å². The van der Waals surface area contributed by atoms with Crippen molar-refractivity contribution >= 4 is 11.9 Å². The lowest BCUT2D eigenvalue weighted by Gasteiger charge is -2.39. The lowest BCUT2D eigenvalue weighted by molar-refractivity contribution is 0.0963. The number of carbonyl (C=O) groups is 1. The number of nitrogens with zero attached hydrogens (tertiary/aromatic N) is 3. The van der Waals surface area contributed by atoms with Crippen LogP contribution in [-0.2, 0) is 12.8 Å². The molecule has 2 heterocycles. The van der Waals surface area contributed by atoms with Crippen molar-refractivity contribution in [1.82, 2.24) is 15.3 Å². The van der Waals surface area contributed by atoms with E-state index < -0.39 is 0 Å². The van der Waals surface area contributed by atoms with E-state index in [1.165, 1.54) is 17.7 Å². The van der Waals surface area contributed by atoms with Crippen molar-refractivity contribution in [3.05, 3.63) is 41.1 Å². The molecule has 1 aliphatic heterocycles. The average molecular weight is 322 g/mol. The fraction of sp³-hybridized carbons (Fsp3) is 0.421. The summed E-state index contributed by atoms with van der Waals surface area (Å²) in [5, 5.41) is 2.69. The second-order valence-corrected chi connectivity index (χ2v) is 6.64. The maximum absolute atomic E-state index is 12.0. The van der Waals surface area contributed by atoms with Gasteiger partial charge in [-0.05, 0) is 44.7 Å². The molecule has 0 bridgehead atoms. The fourth-order valence-electron chi connectivity index (χ4n) is 3.55. The zero-order valence-corrected chi connectivity index (χ0v) is 14.2. The molecule has 0 unspecified atom stereocenters. The minimum absolute atomic E-state index is 0.0702. The summed E-state index contributed by atoms with van der Waals surface area (Å²) in [5.41, 5.74) is 5.10. The molecule has 5 heteroatoms. The predicted molar refractivity (Wildman–Crippen MR) is 94.3 cm³/mol. The molecule has 1 fully saturated rings. The number of anilines is 1. The summed E-state index contributed by atoms with van der Waals surface area (Å²) in [4.78, 5) is 23.9. The average Bonchev–Trinajstić information content (AvgIpc) is 3.07. The molecule has 5 nitrogen and oxygen atoms in total. The number of hydrogen-bond donors (Lipinski definition) is 1. The lowest BCUT2D eigenvalue weighted by Crippen LogP contribution is -2.46. The number of rotatable bonds is 3. The molecule has 2 aromatic rings. The predicted octanol–water partition coefficient (Wildman–Crippen LogP) is 2.59. The Kier molecular flexibility index (Phi) is 3.71. The number of hydrogen-bond acceptors (Lipinski definition) is 4. The van der Waals surface area contributed by atoms with Crippen LogP contribution in [0.3, 0.4) is 0 Å². The highest BCUT2D eigenvalue weighted by Gasteiger charge is 2.29. The van der Waals surface area contributed by atoms with Crippen LogP contribution < -0.4 is 10.2 Å². The fourth-order valence-corrected chi connectivity index (χ4v) is 3.55. The Morgan fingerprint density at radius 2 is 2.17 bits per heavy atom. The van der Waals surface area contributed by atoms with Gasteiger partial charge in [-0.15, -0.1) is 0 Å². The van der Waals surface area contributed by atoms with Crippen molar-refractivity contribution < 1.29 is 4.79 Å². The zero-order chi connectivity index (χ0) is 16.7. The standard InChI is InChI=1S/C19H22N4O/c1-12-9-10-23(12)19-21-16-8-4-7-15(16)17(22-19)13-5-3-6-14(11-13)18(24)20-2/h3,5-6,11-12H,4,7-10H2,1-2H3,(H,20,24)/t12-/m0/s1. The molecule has 124 valence electrons. The maximum Gasteiger partial charge on any atom is 0.251 e. The summed E-state index contributed by atoms with van der Waals surface area (Å²) < 4.78 is 0. The van der Waals surface area contributed by atoms with Crippen molar-refractivity contribution in [3.8, 4) is 11.3 Å². The Bertz CT molecular complexity index is 802. The van der Waals surface area contributed by atoms with E-state index in [2.05, 4.69) is 17.1 Å². The number of aromatic nitrogens is 2. The molecular weight excluding hydrogens is 300 g/mol. The molecule has 4 rings (SSSR count). The molecule has 2 aliphatic rings. The first-order chi connectivity index (χ1) is 11.7. The quantitative estimate of drug-likeness (QED) is 0.943. The van der Waals surface area contributed by atoms with Crippen LogP contribution in [0.5, 0.6) is 0 Å². The SMILES string of the molecule is CNC(=O)c1cccc(-c2nc(N3CC[C@@H]3C)nc3c2CCC3)c1. The highest BCUT2D eigenvalue weighted by atomic mass is 16.1.